The number of rotatable bonds is 5. The summed E-state index contributed by atoms with van der Waals surface area (Å²) in [5.41, 5.74) is 3.93. The number of nitrogens with zero attached hydrogens (tertiary/aromatic N) is 5. The zero-order valence-electron chi connectivity index (χ0n) is 18.8. The van der Waals surface area contributed by atoms with Gasteiger partial charge in [0, 0.05) is 55.4 Å². The minimum atomic E-state index is -0.580. The topological polar surface area (TPSA) is 99.7 Å². The van der Waals surface area contributed by atoms with Crippen LogP contribution < -0.4 is 16.2 Å². The van der Waals surface area contributed by atoms with Crippen LogP contribution in [0.15, 0.2) is 42.6 Å². The summed E-state index contributed by atoms with van der Waals surface area (Å²) in [6.45, 7) is 5.88. The van der Waals surface area contributed by atoms with Gasteiger partial charge in [0.05, 0.1) is 18.3 Å². The number of aryl methyl sites for hydroxylation is 1. The second-order valence-electron chi connectivity index (χ2n) is 8.08. The van der Waals surface area contributed by atoms with Gasteiger partial charge in [-0.2, -0.15) is 5.10 Å². The van der Waals surface area contributed by atoms with E-state index < -0.39 is 11.7 Å². The normalized spacial score (nSPS) is 14.5. The molecule has 10 heteroatoms. The van der Waals surface area contributed by atoms with E-state index in [1.165, 1.54) is 12.1 Å². The molecule has 3 aromatic rings. The van der Waals surface area contributed by atoms with Crippen molar-refractivity contribution in [2.75, 3.05) is 37.6 Å². The Hall–Kier alpha value is -3.50. The number of anilines is 1. The van der Waals surface area contributed by atoms with E-state index >= 15 is 0 Å². The standard InChI is InChI=1S/C23H28FN7O2/c1-3-29-8-10-30(11-9-29)23(33)31(19-7-6-17-14-26-28(2)21(17)13-19)15-18-5-4-16(12-20(18)24)22(32)27-25/h4-7,12-14H,3,8-11,15,25H2,1-2H3,(H,27,32). The van der Waals surface area contributed by atoms with Crippen molar-refractivity contribution >= 4 is 28.5 Å². The van der Waals surface area contributed by atoms with Crippen LogP contribution in [0.5, 0.6) is 0 Å². The minimum absolute atomic E-state index is 0.0204. The van der Waals surface area contributed by atoms with E-state index in [2.05, 4.69) is 16.9 Å². The Labute approximate surface area is 191 Å². The number of likely N-dealkylation sites (N-methyl/N-ethyl adjacent to an activating group) is 1. The summed E-state index contributed by atoms with van der Waals surface area (Å²) in [5, 5.41) is 5.22. The van der Waals surface area contributed by atoms with Crippen LogP contribution in [-0.4, -0.2) is 64.2 Å². The fraction of sp³-hybridized carbons (Fsp3) is 0.348. The number of hydrogen-bond donors (Lipinski definition) is 2. The molecule has 2 aromatic carbocycles. The van der Waals surface area contributed by atoms with Gasteiger partial charge in [0.25, 0.3) is 5.91 Å². The molecule has 1 fully saturated rings. The van der Waals surface area contributed by atoms with E-state index in [1.54, 1.807) is 20.7 Å². The average Bonchev–Trinajstić information content (AvgIpc) is 3.22. The molecule has 1 aromatic heterocycles. The van der Waals surface area contributed by atoms with Crippen molar-refractivity contribution in [1.29, 1.82) is 0 Å². The predicted molar refractivity (Wildman–Crippen MR) is 124 cm³/mol. The third-order valence-corrected chi connectivity index (χ3v) is 6.14. The number of hydrogen-bond acceptors (Lipinski definition) is 5. The van der Waals surface area contributed by atoms with Crippen molar-refractivity contribution in [3.05, 3.63) is 59.5 Å². The molecular formula is C23H28FN7O2. The Kier molecular flexibility index (Phi) is 6.57. The highest BCUT2D eigenvalue weighted by molar-refractivity contribution is 5.95. The Morgan fingerprint density at radius 1 is 1.15 bits per heavy atom. The molecule has 33 heavy (non-hydrogen) atoms. The quantitative estimate of drug-likeness (QED) is 0.350. The van der Waals surface area contributed by atoms with Crippen LogP contribution in [0.4, 0.5) is 14.9 Å². The van der Waals surface area contributed by atoms with E-state index in [-0.39, 0.29) is 18.1 Å². The predicted octanol–water partition coefficient (Wildman–Crippen LogP) is 2.08. The summed E-state index contributed by atoms with van der Waals surface area (Å²) in [4.78, 5) is 31.0. The first-order chi connectivity index (χ1) is 15.9. The first kappa shape index (κ1) is 22.7. The molecule has 4 rings (SSSR count). The SMILES string of the molecule is CCN1CCN(C(=O)N(Cc2ccc(C(=O)NN)cc2F)c2ccc3cnn(C)c3c2)CC1. The van der Waals surface area contributed by atoms with E-state index in [0.717, 1.165) is 36.6 Å². The average molecular weight is 454 g/mol. The van der Waals surface area contributed by atoms with Gasteiger partial charge in [0.1, 0.15) is 5.82 Å². The maximum absolute atomic E-state index is 14.9. The van der Waals surface area contributed by atoms with Crippen LogP contribution >= 0.6 is 0 Å². The number of aromatic nitrogens is 2. The summed E-state index contributed by atoms with van der Waals surface area (Å²) in [6, 6.07) is 9.58. The molecule has 0 unspecified atom stereocenters. The van der Waals surface area contributed by atoms with Crippen molar-refractivity contribution in [1.82, 2.24) is 25.0 Å². The molecule has 1 aliphatic heterocycles. The van der Waals surface area contributed by atoms with Crippen molar-refractivity contribution in [2.24, 2.45) is 12.9 Å². The van der Waals surface area contributed by atoms with Crippen molar-refractivity contribution < 1.29 is 14.0 Å². The number of fused-ring (bicyclic) bond motifs is 1. The van der Waals surface area contributed by atoms with Crippen LogP contribution in [0.3, 0.4) is 0 Å². The maximum Gasteiger partial charge on any atom is 0.324 e. The number of halogens is 1. The number of piperazine rings is 1. The van der Waals surface area contributed by atoms with Crippen molar-refractivity contribution in [3.8, 4) is 0 Å². The molecule has 1 aliphatic rings. The lowest BCUT2D eigenvalue weighted by atomic mass is 10.1. The third-order valence-electron chi connectivity index (χ3n) is 6.14. The fourth-order valence-corrected chi connectivity index (χ4v) is 4.07. The largest absolute Gasteiger partial charge is 0.324 e. The highest BCUT2D eigenvalue weighted by atomic mass is 19.1. The maximum atomic E-state index is 14.9. The molecule has 0 saturated carbocycles. The summed E-state index contributed by atoms with van der Waals surface area (Å²) < 4.78 is 16.6. The number of nitrogens with one attached hydrogen (secondary N) is 1. The lowest BCUT2D eigenvalue weighted by molar-refractivity contribution is 0.0953. The minimum Gasteiger partial charge on any atom is -0.322 e. The van der Waals surface area contributed by atoms with Gasteiger partial charge in [-0.15, -0.1) is 0 Å². The molecule has 0 spiro atoms. The molecular weight excluding hydrogens is 425 g/mol. The van der Waals surface area contributed by atoms with Gasteiger partial charge in [-0.1, -0.05) is 13.0 Å². The van der Waals surface area contributed by atoms with E-state index in [1.807, 2.05) is 30.7 Å². The van der Waals surface area contributed by atoms with Crippen LogP contribution in [0.1, 0.15) is 22.8 Å². The molecule has 174 valence electrons. The van der Waals surface area contributed by atoms with Gasteiger partial charge in [0.2, 0.25) is 0 Å². The second-order valence-corrected chi connectivity index (χ2v) is 8.08. The van der Waals surface area contributed by atoms with Gasteiger partial charge in [-0.05, 0) is 36.9 Å². The number of carbonyl (C=O) groups excluding carboxylic acids is 2. The zero-order chi connectivity index (χ0) is 23.5. The third kappa shape index (κ3) is 4.67. The number of urea groups is 1. The molecule has 0 atom stereocenters. The number of amides is 3. The molecule has 9 nitrogen and oxygen atoms in total. The number of benzene rings is 2. The van der Waals surface area contributed by atoms with Gasteiger partial charge in [-0.3, -0.25) is 19.8 Å². The molecule has 3 amide bonds. The molecule has 2 heterocycles. The smallest absolute Gasteiger partial charge is 0.322 e. The lowest BCUT2D eigenvalue weighted by Gasteiger charge is -2.37. The van der Waals surface area contributed by atoms with Gasteiger partial charge in [0.15, 0.2) is 0 Å². The lowest BCUT2D eigenvalue weighted by Crippen LogP contribution is -2.52. The van der Waals surface area contributed by atoms with Crippen LogP contribution in [0.25, 0.3) is 10.9 Å². The van der Waals surface area contributed by atoms with Crippen molar-refractivity contribution in [3.63, 3.8) is 0 Å². The Balaban J connectivity index is 1.67. The second kappa shape index (κ2) is 9.55. The molecule has 0 aliphatic carbocycles. The first-order valence-electron chi connectivity index (χ1n) is 10.9. The Morgan fingerprint density at radius 3 is 2.58 bits per heavy atom. The number of nitrogen functional groups attached to an aromatic ring is 1. The first-order valence-corrected chi connectivity index (χ1v) is 10.9. The van der Waals surface area contributed by atoms with E-state index in [4.69, 9.17) is 5.84 Å². The van der Waals surface area contributed by atoms with E-state index in [0.29, 0.717) is 24.3 Å². The highest BCUT2D eigenvalue weighted by Gasteiger charge is 2.27. The summed E-state index contributed by atoms with van der Waals surface area (Å²) in [7, 11) is 1.84. The highest BCUT2D eigenvalue weighted by Crippen LogP contribution is 2.26. The van der Waals surface area contributed by atoms with Gasteiger partial charge >= 0.3 is 6.03 Å². The van der Waals surface area contributed by atoms with Crippen LogP contribution in [0, 0.1) is 5.82 Å². The number of hydrazine groups is 1. The molecule has 0 radical (unpaired) electrons. The van der Waals surface area contributed by atoms with Crippen molar-refractivity contribution in [2.45, 2.75) is 13.5 Å². The zero-order valence-corrected chi connectivity index (χ0v) is 18.8. The molecule has 1 saturated heterocycles. The monoisotopic (exact) mass is 453 g/mol. The van der Waals surface area contributed by atoms with E-state index in [9.17, 15) is 14.0 Å². The number of carbonyl (C=O) groups is 2. The van der Waals surface area contributed by atoms with Crippen LogP contribution in [0.2, 0.25) is 0 Å². The van der Waals surface area contributed by atoms with Crippen LogP contribution in [-0.2, 0) is 13.6 Å². The fourth-order valence-electron chi connectivity index (χ4n) is 4.07. The number of nitrogens with two attached hydrogens (primary N) is 1. The summed E-state index contributed by atoms with van der Waals surface area (Å²) in [5.74, 6) is 3.99. The Bertz CT molecular complexity index is 1170. The molecule has 0 bridgehead atoms. The van der Waals surface area contributed by atoms with Gasteiger partial charge < -0.3 is 9.80 Å². The Morgan fingerprint density at radius 2 is 1.91 bits per heavy atom. The summed E-state index contributed by atoms with van der Waals surface area (Å²) in [6.07, 6.45) is 1.76. The molecule has 3 N–H and O–H groups in total. The van der Waals surface area contributed by atoms with Gasteiger partial charge in [-0.25, -0.2) is 15.0 Å². The summed E-state index contributed by atoms with van der Waals surface area (Å²) >= 11 is 0.